The van der Waals surface area contributed by atoms with Gasteiger partial charge < -0.3 is 28.4 Å². The van der Waals surface area contributed by atoms with Crippen molar-refractivity contribution in [1.82, 2.24) is 13.7 Å². The van der Waals surface area contributed by atoms with Crippen molar-refractivity contribution in [3.63, 3.8) is 0 Å². The molecule has 0 bridgehead atoms. The Morgan fingerprint density at radius 2 is 0.896 bits per heavy atom. The molecule has 12 nitrogen and oxygen atoms in total. The summed E-state index contributed by atoms with van der Waals surface area (Å²) in [4.78, 5) is 0. The number of hydrogen-bond donors (Lipinski definition) is 0. The summed E-state index contributed by atoms with van der Waals surface area (Å²) < 4.78 is 44.2. The van der Waals surface area contributed by atoms with Gasteiger partial charge in [0.2, 0.25) is 0 Å². The first kappa shape index (κ1) is 49.8. The Balaban J connectivity index is -0.000000614. The highest BCUT2D eigenvalue weighted by molar-refractivity contribution is 5.07. The molecule has 0 aliphatic carbocycles. The fraction of sp³-hybridized carbons (Fsp3) is 0.750. The third-order valence-electron chi connectivity index (χ3n) is 8.83. The summed E-state index contributed by atoms with van der Waals surface area (Å²) in [7, 11) is 9.54. The maximum absolute atomic E-state index is 5.51. The van der Waals surface area contributed by atoms with Crippen LogP contribution in [0.2, 0.25) is 0 Å². The van der Waals surface area contributed by atoms with Gasteiger partial charge in [-0.1, -0.05) is 22.3 Å². The van der Waals surface area contributed by atoms with E-state index in [2.05, 4.69) is 111 Å². The summed E-state index contributed by atoms with van der Waals surface area (Å²) in [5.41, 5.74) is 7.66. The van der Waals surface area contributed by atoms with Gasteiger partial charge in [-0.15, -0.1) is 0 Å². The van der Waals surface area contributed by atoms with E-state index in [1.807, 2.05) is 6.92 Å². The van der Waals surface area contributed by atoms with Gasteiger partial charge in [-0.3, -0.25) is 0 Å². The average molecular weight is 688 g/mol. The van der Waals surface area contributed by atoms with Crippen molar-refractivity contribution in [1.29, 1.82) is 0 Å². The fourth-order valence-corrected chi connectivity index (χ4v) is 4.89. The molecule has 3 rings (SSSR count). The minimum absolute atomic E-state index is 0. The van der Waals surface area contributed by atoms with Gasteiger partial charge in [-0.05, 0) is 6.92 Å². The van der Waals surface area contributed by atoms with Crippen LogP contribution in [0, 0.1) is 62.3 Å². The Bertz CT molecular complexity index is 1080. The zero-order valence-electron chi connectivity index (χ0n) is 31.0. The van der Waals surface area contributed by atoms with Crippen molar-refractivity contribution in [3.05, 3.63) is 51.6 Å². The highest BCUT2D eigenvalue weighted by Crippen LogP contribution is 2.08. The maximum atomic E-state index is 5.51. The second-order valence-corrected chi connectivity index (χ2v) is 11.1. The van der Waals surface area contributed by atoms with E-state index in [1.165, 1.54) is 51.6 Å². The Morgan fingerprint density at radius 3 is 1.25 bits per heavy atom. The van der Waals surface area contributed by atoms with Crippen LogP contribution in [-0.2, 0) is 69.6 Å². The van der Waals surface area contributed by atoms with E-state index in [4.69, 9.17) is 28.4 Å². The first-order valence-corrected chi connectivity index (χ1v) is 15.6. The van der Waals surface area contributed by atoms with Crippen LogP contribution in [0.3, 0.4) is 0 Å². The van der Waals surface area contributed by atoms with Crippen LogP contribution in [0.4, 0.5) is 0 Å². The van der Waals surface area contributed by atoms with E-state index in [0.29, 0.717) is 53.5 Å². The molecule has 0 N–H and O–H groups in total. The standard InChI is InChI=1S/3C11H21N2O2.3CH4/c1-9-10(2)13(11(3)12(9)4)8-15-7-6-14-5;1-9-10(2)13(11(3)12(9)4)6-7-15-8-14-5;1-6-14-8-15-7-13-10(3)9(2)12(5)11(13)4;;;/h3*6-8H2,1-5H3;3*1H4/q3*+1;;;. The molecule has 0 fully saturated rings. The Hall–Kier alpha value is -2.61. The quantitative estimate of drug-likeness (QED) is 0.129. The van der Waals surface area contributed by atoms with E-state index >= 15 is 0 Å². The summed E-state index contributed by atoms with van der Waals surface area (Å²) >= 11 is 0. The molecule has 282 valence electrons. The summed E-state index contributed by atoms with van der Waals surface area (Å²) in [6, 6.07) is 0. The predicted octanol–water partition coefficient (Wildman–Crippen LogP) is 4.83. The number of rotatable bonds is 15. The predicted molar refractivity (Wildman–Crippen MR) is 193 cm³/mol. The molecule has 0 radical (unpaired) electrons. The van der Waals surface area contributed by atoms with Gasteiger partial charge in [-0.25, -0.2) is 27.4 Å². The third-order valence-corrected chi connectivity index (χ3v) is 8.83. The van der Waals surface area contributed by atoms with Gasteiger partial charge in [0.25, 0.3) is 17.5 Å². The van der Waals surface area contributed by atoms with Gasteiger partial charge in [0.1, 0.15) is 47.5 Å². The number of methoxy groups -OCH3 is 2. The second-order valence-electron chi connectivity index (χ2n) is 11.1. The zero-order valence-corrected chi connectivity index (χ0v) is 31.0. The number of aromatic nitrogens is 6. The van der Waals surface area contributed by atoms with Crippen LogP contribution in [0.1, 0.15) is 80.8 Å². The monoisotopic (exact) mass is 688 g/mol. The highest BCUT2D eigenvalue weighted by Gasteiger charge is 2.20. The van der Waals surface area contributed by atoms with E-state index in [1.54, 1.807) is 14.2 Å². The van der Waals surface area contributed by atoms with Gasteiger partial charge in [0, 0.05) is 83.1 Å². The molecule has 0 amide bonds. The van der Waals surface area contributed by atoms with Crippen LogP contribution in [0.5, 0.6) is 0 Å². The smallest absolute Gasteiger partial charge is 0.255 e. The fourth-order valence-electron chi connectivity index (χ4n) is 4.89. The summed E-state index contributed by atoms with van der Waals surface area (Å²) in [6.07, 6.45) is 0. The van der Waals surface area contributed by atoms with Gasteiger partial charge in [0.05, 0.1) is 41.0 Å². The molecule has 3 heterocycles. The largest absolute Gasteiger partial charge is 0.382 e. The molecular weight excluding hydrogens is 612 g/mol. The van der Waals surface area contributed by atoms with Crippen LogP contribution in [-0.4, -0.2) is 67.9 Å². The topological polar surface area (TPSA) is 81.8 Å². The van der Waals surface area contributed by atoms with Crippen molar-refractivity contribution in [2.24, 2.45) is 21.1 Å². The molecule has 0 saturated carbocycles. The summed E-state index contributed by atoms with van der Waals surface area (Å²) in [5.74, 6) is 3.66. The number of hydrogen-bond acceptors (Lipinski definition) is 6. The minimum Gasteiger partial charge on any atom is -0.382 e. The molecule has 0 atom stereocenters. The summed E-state index contributed by atoms with van der Waals surface area (Å²) in [6.45, 7) is 26.4. The van der Waals surface area contributed by atoms with Gasteiger partial charge in [-0.2, -0.15) is 0 Å². The van der Waals surface area contributed by atoms with E-state index < -0.39 is 0 Å². The molecule has 12 heteroatoms. The Morgan fingerprint density at radius 1 is 0.479 bits per heavy atom. The van der Waals surface area contributed by atoms with Gasteiger partial charge >= 0.3 is 0 Å². The van der Waals surface area contributed by atoms with Crippen molar-refractivity contribution >= 4 is 0 Å². The molecular formula is C36H75N6O6+3. The first-order chi connectivity index (χ1) is 21.3. The lowest BCUT2D eigenvalue weighted by atomic mass is 10.4. The second kappa shape index (κ2) is 25.4. The molecule has 0 spiro atoms. The lowest BCUT2D eigenvalue weighted by molar-refractivity contribution is -0.683. The number of imidazole rings is 3. The highest BCUT2D eigenvalue weighted by atomic mass is 16.7. The van der Waals surface area contributed by atoms with Gasteiger partial charge in [0.15, 0.2) is 20.3 Å². The minimum atomic E-state index is 0. The number of nitrogens with zero attached hydrogens (tertiary/aromatic N) is 6. The number of ether oxygens (including phenoxy) is 6. The average Bonchev–Trinajstić information content (AvgIpc) is 3.42. The van der Waals surface area contributed by atoms with E-state index in [0.717, 1.165) is 6.54 Å². The Labute approximate surface area is 294 Å². The molecule has 0 aliphatic heterocycles. The lowest BCUT2D eigenvalue weighted by Crippen LogP contribution is -2.33. The molecule has 0 aromatic carbocycles. The van der Waals surface area contributed by atoms with Crippen molar-refractivity contribution in [2.45, 2.75) is 112 Å². The van der Waals surface area contributed by atoms with Crippen molar-refractivity contribution in [3.8, 4) is 0 Å². The normalized spacial score (nSPS) is 10.3. The molecule has 48 heavy (non-hydrogen) atoms. The van der Waals surface area contributed by atoms with Crippen molar-refractivity contribution < 1.29 is 42.1 Å². The Kier molecular flexibility index (Phi) is 26.3. The van der Waals surface area contributed by atoms with Crippen LogP contribution in [0.15, 0.2) is 0 Å². The summed E-state index contributed by atoms with van der Waals surface area (Å²) in [5, 5.41) is 0. The molecule has 0 unspecified atom stereocenters. The van der Waals surface area contributed by atoms with Crippen LogP contribution >= 0.6 is 0 Å². The van der Waals surface area contributed by atoms with E-state index in [-0.39, 0.29) is 22.3 Å². The van der Waals surface area contributed by atoms with Crippen LogP contribution < -0.4 is 13.7 Å². The van der Waals surface area contributed by atoms with Crippen molar-refractivity contribution in [2.75, 3.05) is 54.2 Å². The molecule has 0 aliphatic rings. The molecule has 3 aromatic heterocycles. The molecule has 0 saturated heterocycles. The SMILES string of the molecule is C.C.C.CCOCOCn1c(C)c(C)[n+](C)c1C.COCCOCn1c(C)c(C)[n+](C)c1C.COCOCCn1c(C)c(C)[n+](C)c1C. The van der Waals surface area contributed by atoms with Crippen LogP contribution in [0.25, 0.3) is 0 Å². The lowest BCUT2D eigenvalue weighted by Gasteiger charge is -2.03. The van der Waals surface area contributed by atoms with E-state index in [9.17, 15) is 0 Å². The third kappa shape index (κ3) is 13.7. The first-order valence-electron chi connectivity index (χ1n) is 15.6. The zero-order chi connectivity index (χ0) is 34.3. The maximum Gasteiger partial charge on any atom is 0.255 e. The molecule has 3 aromatic rings.